The highest BCUT2D eigenvalue weighted by Crippen LogP contribution is 2.20. The molecule has 4 nitrogen and oxygen atoms in total. The molecule has 0 radical (unpaired) electrons. The number of carboxylic acids is 1. The molecule has 1 unspecified atom stereocenters. The second kappa shape index (κ2) is 6.47. The van der Waals surface area contributed by atoms with Crippen molar-refractivity contribution in [3.05, 3.63) is 28.8 Å². The molecule has 2 N–H and O–H groups in total. The molecule has 17 heavy (non-hydrogen) atoms. The highest BCUT2D eigenvalue weighted by Gasteiger charge is 2.09. The first kappa shape index (κ1) is 13.8. The Hall–Kier alpha value is -1.26. The highest BCUT2D eigenvalue weighted by molar-refractivity contribution is 6.33. The van der Waals surface area contributed by atoms with Gasteiger partial charge in [-0.1, -0.05) is 11.6 Å². The van der Waals surface area contributed by atoms with Crippen LogP contribution in [0, 0.1) is 0 Å². The predicted octanol–water partition coefficient (Wildman–Crippen LogP) is 2.88. The third-order valence-corrected chi connectivity index (χ3v) is 2.56. The van der Waals surface area contributed by atoms with Gasteiger partial charge in [-0.3, -0.25) is 0 Å². The summed E-state index contributed by atoms with van der Waals surface area (Å²) in [7, 11) is 0. The Morgan fingerprint density at radius 3 is 2.82 bits per heavy atom. The molecule has 0 heterocycles. The van der Waals surface area contributed by atoms with Crippen molar-refractivity contribution < 1.29 is 14.6 Å². The van der Waals surface area contributed by atoms with Crippen LogP contribution in [0.1, 0.15) is 24.2 Å². The molecule has 0 aliphatic heterocycles. The van der Waals surface area contributed by atoms with E-state index in [-0.39, 0.29) is 16.7 Å². The number of aromatic carboxylic acids is 1. The van der Waals surface area contributed by atoms with Crippen LogP contribution in [0.25, 0.3) is 0 Å². The van der Waals surface area contributed by atoms with Gasteiger partial charge in [0.2, 0.25) is 0 Å². The molecule has 1 aromatic carbocycles. The molecule has 0 aliphatic rings. The van der Waals surface area contributed by atoms with Crippen LogP contribution in [0.15, 0.2) is 18.2 Å². The zero-order chi connectivity index (χ0) is 12.8. The molecule has 0 amide bonds. The highest BCUT2D eigenvalue weighted by atomic mass is 35.5. The van der Waals surface area contributed by atoms with Crippen LogP contribution < -0.4 is 5.32 Å². The van der Waals surface area contributed by atoms with Gasteiger partial charge in [-0.25, -0.2) is 4.79 Å². The van der Waals surface area contributed by atoms with Crippen molar-refractivity contribution in [1.82, 2.24) is 0 Å². The maximum atomic E-state index is 10.8. The van der Waals surface area contributed by atoms with E-state index in [1.165, 1.54) is 6.07 Å². The van der Waals surface area contributed by atoms with Crippen LogP contribution in [-0.2, 0) is 4.74 Å². The van der Waals surface area contributed by atoms with E-state index in [1.54, 1.807) is 12.1 Å². The molecule has 0 saturated heterocycles. The van der Waals surface area contributed by atoms with Crippen LogP contribution in [0.4, 0.5) is 5.69 Å². The summed E-state index contributed by atoms with van der Waals surface area (Å²) < 4.78 is 5.37. The standard InChI is InChI=1S/C12H16ClNO3/c1-3-17-8(2)7-14-9-4-5-10(12(15)16)11(13)6-9/h4-6,8,14H,3,7H2,1-2H3,(H,15,16). The minimum Gasteiger partial charge on any atom is -0.478 e. The molecule has 1 aromatic rings. The van der Waals surface area contributed by atoms with Crippen molar-refractivity contribution >= 4 is 23.3 Å². The lowest BCUT2D eigenvalue weighted by atomic mass is 10.2. The van der Waals surface area contributed by atoms with E-state index in [0.717, 1.165) is 5.69 Å². The fourth-order valence-electron chi connectivity index (χ4n) is 1.40. The minimum absolute atomic E-state index is 0.0953. The fraction of sp³-hybridized carbons (Fsp3) is 0.417. The van der Waals surface area contributed by atoms with Crippen LogP contribution in [0.5, 0.6) is 0 Å². The molecule has 94 valence electrons. The van der Waals surface area contributed by atoms with Crippen molar-refractivity contribution in [2.45, 2.75) is 20.0 Å². The van der Waals surface area contributed by atoms with Gasteiger partial charge >= 0.3 is 5.97 Å². The molecule has 0 bridgehead atoms. The molecule has 0 spiro atoms. The summed E-state index contributed by atoms with van der Waals surface area (Å²) in [4.78, 5) is 10.8. The van der Waals surface area contributed by atoms with Crippen LogP contribution in [0.2, 0.25) is 5.02 Å². The maximum absolute atomic E-state index is 10.8. The molecule has 1 atom stereocenters. The number of hydrogen-bond donors (Lipinski definition) is 2. The van der Waals surface area contributed by atoms with Crippen molar-refractivity contribution in [3.8, 4) is 0 Å². The average Bonchev–Trinajstić information content (AvgIpc) is 2.26. The monoisotopic (exact) mass is 257 g/mol. The third-order valence-electron chi connectivity index (χ3n) is 2.24. The molecule has 0 aromatic heterocycles. The minimum atomic E-state index is -1.02. The second-order valence-corrected chi connectivity index (χ2v) is 4.05. The topological polar surface area (TPSA) is 58.6 Å². The van der Waals surface area contributed by atoms with Crippen molar-refractivity contribution in [1.29, 1.82) is 0 Å². The van der Waals surface area contributed by atoms with Crippen molar-refractivity contribution in [3.63, 3.8) is 0 Å². The summed E-state index contributed by atoms with van der Waals surface area (Å²) in [5, 5.41) is 12.2. The Labute approximate surface area is 106 Å². The van der Waals surface area contributed by atoms with Crippen LogP contribution in [-0.4, -0.2) is 30.3 Å². The molecule has 0 saturated carbocycles. The van der Waals surface area contributed by atoms with E-state index in [1.807, 2.05) is 13.8 Å². The van der Waals surface area contributed by atoms with E-state index in [4.69, 9.17) is 21.4 Å². The SMILES string of the molecule is CCOC(C)CNc1ccc(C(=O)O)c(Cl)c1. The normalized spacial score (nSPS) is 12.2. The number of nitrogens with one attached hydrogen (secondary N) is 1. The van der Waals surface area contributed by atoms with Gasteiger partial charge in [-0.2, -0.15) is 0 Å². The first-order valence-electron chi connectivity index (χ1n) is 5.43. The largest absolute Gasteiger partial charge is 0.478 e. The Morgan fingerprint density at radius 1 is 1.59 bits per heavy atom. The average molecular weight is 258 g/mol. The predicted molar refractivity (Wildman–Crippen MR) is 68.0 cm³/mol. The first-order valence-corrected chi connectivity index (χ1v) is 5.80. The van der Waals surface area contributed by atoms with Crippen LogP contribution >= 0.6 is 11.6 Å². The lowest BCUT2D eigenvalue weighted by molar-refractivity contribution is 0.0697. The summed E-state index contributed by atoms with van der Waals surface area (Å²) in [5.74, 6) is -1.02. The van der Waals surface area contributed by atoms with E-state index >= 15 is 0 Å². The number of anilines is 1. The zero-order valence-corrected chi connectivity index (χ0v) is 10.6. The van der Waals surface area contributed by atoms with E-state index < -0.39 is 5.97 Å². The van der Waals surface area contributed by atoms with E-state index in [0.29, 0.717) is 13.2 Å². The molecule has 5 heteroatoms. The molecule has 0 fully saturated rings. The van der Waals surface area contributed by atoms with Gasteiger partial charge in [-0.15, -0.1) is 0 Å². The number of rotatable bonds is 6. The quantitative estimate of drug-likeness (QED) is 0.823. The van der Waals surface area contributed by atoms with E-state index in [9.17, 15) is 4.79 Å². The maximum Gasteiger partial charge on any atom is 0.337 e. The summed E-state index contributed by atoms with van der Waals surface area (Å²) in [6.45, 7) is 5.22. The molecule has 1 rings (SSSR count). The molecule has 0 aliphatic carbocycles. The number of benzene rings is 1. The summed E-state index contributed by atoms with van der Waals surface area (Å²) >= 11 is 5.85. The lowest BCUT2D eigenvalue weighted by Crippen LogP contribution is -2.19. The number of hydrogen-bond acceptors (Lipinski definition) is 3. The van der Waals surface area contributed by atoms with Crippen molar-refractivity contribution in [2.75, 3.05) is 18.5 Å². The number of carboxylic acid groups (broad SMARTS) is 1. The second-order valence-electron chi connectivity index (χ2n) is 3.65. The van der Waals surface area contributed by atoms with Gasteiger partial charge in [0.05, 0.1) is 16.7 Å². The Bertz CT molecular complexity index is 395. The molecular weight excluding hydrogens is 242 g/mol. The smallest absolute Gasteiger partial charge is 0.337 e. The van der Waals surface area contributed by atoms with E-state index in [2.05, 4.69) is 5.32 Å². The number of halogens is 1. The van der Waals surface area contributed by atoms with Gasteiger partial charge in [0, 0.05) is 18.8 Å². The first-order chi connectivity index (χ1) is 8.04. The molecular formula is C12H16ClNO3. The van der Waals surface area contributed by atoms with Gasteiger partial charge in [0.15, 0.2) is 0 Å². The fourth-order valence-corrected chi connectivity index (χ4v) is 1.66. The Balaban J connectivity index is 2.62. The number of carbonyl (C=O) groups is 1. The van der Waals surface area contributed by atoms with Gasteiger partial charge in [-0.05, 0) is 32.0 Å². The third kappa shape index (κ3) is 4.24. The number of ether oxygens (including phenoxy) is 1. The summed E-state index contributed by atoms with van der Waals surface area (Å²) in [5.41, 5.74) is 0.890. The summed E-state index contributed by atoms with van der Waals surface area (Å²) in [6.07, 6.45) is 0.0953. The Kier molecular flexibility index (Phi) is 5.25. The van der Waals surface area contributed by atoms with Crippen LogP contribution in [0.3, 0.4) is 0 Å². The zero-order valence-electron chi connectivity index (χ0n) is 9.87. The summed E-state index contributed by atoms with van der Waals surface area (Å²) in [6, 6.07) is 4.77. The Morgan fingerprint density at radius 2 is 2.29 bits per heavy atom. The van der Waals surface area contributed by atoms with Crippen molar-refractivity contribution in [2.24, 2.45) is 0 Å². The van der Waals surface area contributed by atoms with Gasteiger partial charge in [0.25, 0.3) is 0 Å². The lowest BCUT2D eigenvalue weighted by Gasteiger charge is -2.14. The van der Waals surface area contributed by atoms with Gasteiger partial charge in [0.1, 0.15) is 0 Å². The van der Waals surface area contributed by atoms with Gasteiger partial charge < -0.3 is 15.2 Å².